The molecule has 3 aromatic rings. The Balaban J connectivity index is 1.76. The molecule has 2 aromatic carbocycles. The number of carbonyl (C=O) groups is 1. The quantitative estimate of drug-likeness (QED) is 0.473. The van der Waals surface area contributed by atoms with Crippen LogP contribution in [0.2, 0.25) is 0 Å². The van der Waals surface area contributed by atoms with Gasteiger partial charge in [-0.05, 0) is 60.7 Å². The number of unbranched alkanes of at least 4 members (excludes halogenated alkanes) is 1. The monoisotopic (exact) mass is 337 g/mol. The summed E-state index contributed by atoms with van der Waals surface area (Å²) in [5.74, 6) is -0.417. The second-order valence-corrected chi connectivity index (χ2v) is 6.04. The average molecular weight is 337 g/mol. The van der Waals surface area contributed by atoms with Gasteiger partial charge in [0.05, 0.1) is 12.6 Å². The zero-order valence-corrected chi connectivity index (χ0v) is 14.2. The van der Waals surface area contributed by atoms with E-state index in [2.05, 4.69) is 21.9 Å². The van der Waals surface area contributed by atoms with Crippen molar-refractivity contribution in [3.8, 4) is 11.1 Å². The van der Waals surface area contributed by atoms with Crippen molar-refractivity contribution in [2.75, 3.05) is 7.11 Å². The molecule has 128 valence electrons. The lowest BCUT2D eigenvalue weighted by Crippen LogP contribution is -1.99. The maximum Gasteiger partial charge on any atom is 0.305 e. The minimum absolute atomic E-state index is 0.164. The molecule has 0 radical (unpaired) electrons. The predicted molar refractivity (Wildman–Crippen MR) is 96.7 cm³/mol. The molecule has 0 aliphatic heterocycles. The van der Waals surface area contributed by atoms with Gasteiger partial charge in [0.15, 0.2) is 0 Å². The molecule has 1 aromatic heterocycles. The Hall–Kier alpha value is -2.75. The van der Waals surface area contributed by atoms with Gasteiger partial charge >= 0.3 is 5.97 Å². The smallest absolute Gasteiger partial charge is 0.305 e. The fourth-order valence-corrected chi connectivity index (χ4v) is 2.86. The van der Waals surface area contributed by atoms with Crippen LogP contribution in [-0.2, 0) is 16.0 Å². The van der Waals surface area contributed by atoms with E-state index in [1.54, 1.807) is 12.3 Å². The average Bonchev–Trinajstić information content (AvgIpc) is 2.64. The molecule has 0 saturated carbocycles. The number of hydrogen-bond acceptors (Lipinski definition) is 3. The van der Waals surface area contributed by atoms with Gasteiger partial charge in [0.25, 0.3) is 0 Å². The van der Waals surface area contributed by atoms with Crippen molar-refractivity contribution in [2.45, 2.75) is 25.7 Å². The topological polar surface area (TPSA) is 39.2 Å². The van der Waals surface area contributed by atoms with Gasteiger partial charge in [-0.15, -0.1) is 0 Å². The van der Waals surface area contributed by atoms with Crippen LogP contribution in [0.25, 0.3) is 22.0 Å². The summed E-state index contributed by atoms with van der Waals surface area (Å²) in [7, 11) is 1.41. The lowest BCUT2D eigenvalue weighted by molar-refractivity contribution is -0.140. The van der Waals surface area contributed by atoms with Crippen molar-refractivity contribution < 1.29 is 13.9 Å². The molecule has 0 amide bonds. The first kappa shape index (κ1) is 17.1. The fraction of sp³-hybridized carbons (Fsp3) is 0.238. The summed E-state index contributed by atoms with van der Waals surface area (Å²) >= 11 is 0. The van der Waals surface area contributed by atoms with Gasteiger partial charge in [-0.3, -0.25) is 9.78 Å². The number of hydrogen-bond donors (Lipinski definition) is 0. The van der Waals surface area contributed by atoms with Gasteiger partial charge < -0.3 is 4.74 Å². The highest BCUT2D eigenvalue weighted by atomic mass is 19.1. The van der Waals surface area contributed by atoms with E-state index in [-0.39, 0.29) is 11.8 Å². The number of pyridine rings is 1. The number of methoxy groups -OCH3 is 1. The number of aryl methyl sites for hydroxylation is 1. The SMILES string of the molecule is COC(=O)CCCCc1ccc2ncc(-c3cccc(F)c3)cc2c1. The molecule has 0 fully saturated rings. The Kier molecular flexibility index (Phi) is 5.39. The Morgan fingerprint density at radius 1 is 1.08 bits per heavy atom. The van der Waals surface area contributed by atoms with E-state index in [4.69, 9.17) is 0 Å². The highest BCUT2D eigenvalue weighted by molar-refractivity contribution is 5.84. The summed E-state index contributed by atoms with van der Waals surface area (Å²) < 4.78 is 18.1. The molecule has 0 atom stereocenters. The highest BCUT2D eigenvalue weighted by Crippen LogP contribution is 2.24. The molecule has 3 rings (SSSR count). The lowest BCUT2D eigenvalue weighted by Gasteiger charge is -2.06. The molecule has 4 heteroatoms. The van der Waals surface area contributed by atoms with Crippen LogP contribution in [0.1, 0.15) is 24.8 Å². The van der Waals surface area contributed by atoms with Crippen LogP contribution in [0.5, 0.6) is 0 Å². The predicted octanol–water partition coefficient (Wildman–Crippen LogP) is 4.93. The third-order valence-electron chi connectivity index (χ3n) is 4.23. The van der Waals surface area contributed by atoms with Crippen molar-refractivity contribution >= 4 is 16.9 Å². The number of esters is 1. The lowest BCUT2D eigenvalue weighted by atomic mass is 10.0. The van der Waals surface area contributed by atoms with Gasteiger partial charge in [-0.25, -0.2) is 4.39 Å². The van der Waals surface area contributed by atoms with Crippen molar-refractivity contribution in [1.29, 1.82) is 0 Å². The van der Waals surface area contributed by atoms with E-state index in [1.807, 2.05) is 18.2 Å². The van der Waals surface area contributed by atoms with Gasteiger partial charge in [0, 0.05) is 23.6 Å². The number of ether oxygens (including phenoxy) is 1. The Morgan fingerprint density at radius 2 is 1.96 bits per heavy atom. The third kappa shape index (κ3) is 4.41. The van der Waals surface area contributed by atoms with Crippen molar-refractivity contribution in [3.05, 3.63) is 66.1 Å². The summed E-state index contributed by atoms with van der Waals surface area (Å²) in [4.78, 5) is 15.6. The molecule has 25 heavy (non-hydrogen) atoms. The first-order chi connectivity index (χ1) is 12.2. The van der Waals surface area contributed by atoms with Gasteiger partial charge in [0.1, 0.15) is 5.82 Å². The number of benzene rings is 2. The third-order valence-corrected chi connectivity index (χ3v) is 4.23. The van der Waals surface area contributed by atoms with Crippen LogP contribution in [-0.4, -0.2) is 18.1 Å². The van der Waals surface area contributed by atoms with Gasteiger partial charge in [0.2, 0.25) is 0 Å². The second-order valence-electron chi connectivity index (χ2n) is 6.04. The van der Waals surface area contributed by atoms with Crippen molar-refractivity contribution in [1.82, 2.24) is 4.98 Å². The fourth-order valence-electron chi connectivity index (χ4n) is 2.86. The van der Waals surface area contributed by atoms with Crippen molar-refractivity contribution in [3.63, 3.8) is 0 Å². The molecule has 1 heterocycles. The number of rotatable bonds is 6. The van der Waals surface area contributed by atoms with Crippen molar-refractivity contribution in [2.24, 2.45) is 0 Å². The number of carbonyl (C=O) groups excluding carboxylic acids is 1. The zero-order chi connectivity index (χ0) is 17.6. The summed E-state index contributed by atoms with van der Waals surface area (Å²) in [6.07, 6.45) is 4.86. The molecule has 0 aliphatic rings. The molecule has 0 unspecified atom stereocenters. The van der Waals surface area contributed by atoms with Gasteiger partial charge in [-0.2, -0.15) is 0 Å². The van der Waals surface area contributed by atoms with E-state index in [0.29, 0.717) is 6.42 Å². The molecule has 0 aliphatic carbocycles. The van der Waals surface area contributed by atoms with E-state index >= 15 is 0 Å². The summed E-state index contributed by atoms with van der Waals surface area (Å²) in [5, 5.41) is 1.03. The Labute approximate surface area is 146 Å². The van der Waals surface area contributed by atoms with E-state index in [1.165, 1.54) is 24.8 Å². The first-order valence-electron chi connectivity index (χ1n) is 8.37. The minimum atomic E-state index is -0.253. The number of halogens is 1. The van der Waals surface area contributed by atoms with Crippen LogP contribution in [0.15, 0.2) is 54.7 Å². The molecule has 0 saturated heterocycles. The molecule has 0 bridgehead atoms. The number of aromatic nitrogens is 1. The minimum Gasteiger partial charge on any atom is -0.469 e. The van der Waals surface area contributed by atoms with Crippen LogP contribution in [0.3, 0.4) is 0 Å². The zero-order valence-electron chi connectivity index (χ0n) is 14.2. The van der Waals surface area contributed by atoms with E-state index in [0.717, 1.165) is 41.3 Å². The second kappa shape index (κ2) is 7.88. The van der Waals surface area contributed by atoms with Gasteiger partial charge in [-0.1, -0.05) is 18.2 Å². The Bertz CT molecular complexity index is 892. The van der Waals surface area contributed by atoms with Crippen LogP contribution in [0.4, 0.5) is 4.39 Å². The highest BCUT2D eigenvalue weighted by Gasteiger charge is 2.04. The Morgan fingerprint density at radius 3 is 2.76 bits per heavy atom. The summed E-state index contributed by atoms with van der Waals surface area (Å²) in [6, 6.07) is 14.7. The molecule has 0 N–H and O–H groups in total. The molecular weight excluding hydrogens is 317 g/mol. The van der Waals surface area contributed by atoms with Crippen LogP contribution >= 0.6 is 0 Å². The molecular formula is C21H20FNO2. The largest absolute Gasteiger partial charge is 0.469 e. The maximum absolute atomic E-state index is 13.4. The normalized spacial score (nSPS) is 10.8. The van der Waals surface area contributed by atoms with E-state index in [9.17, 15) is 9.18 Å². The molecule has 0 spiro atoms. The van der Waals surface area contributed by atoms with Crippen LogP contribution < -0.4 is 0 Å². The maximum atomic E-state index is 13.4. The van der Waals surface area contributed by atoms with Crippen LogP contribution in [0, 0.1) is 5.82 Å². The van der Waals surface area contributed by atoms with E-state index < -0.39 is 0 Å². The summed E-state index contributed by atoms with van der Waals surface area (Å²) in [6.45, 7) is 0. The standard InChI is InChI=1S/C21H20FNO2/c1-25-21(24)8-3-2-5-15-9-10-20-17(11-15)12-18(14-23-20)16-6-4-7-19(22)13-16/h4,6-7,9-14H,2-3,5,8H2,1H3. The number of fused-ring (bicyclic) bond motifs is 1. The number of nitrogens with zero attached hydrogens (tertiary/aromatic N) is 1. The molecule has 3 nitrogen and oxygen atoms in total. The summed E-state index contributed by atoms with van der Waals surface area (Å²) in [5.41, 5.74) is 3.83. The first-order valence-corrected chi connectivity index (χ1v) is 8.37.